The summed E-state index contributed by atoms with van der Waals surface area (Å²) in [5.41, 5.74) is 1.81. The summed E-state index contributed by atoms with van der Waals surface area (Å²) in [6.07, 6.45) is 0.661. The molecule has 1 fully saturated rings. The normalized spacial score (nSPS) is 15.2. The van der Waals surface area contributed by atoms with Crippen molar-refractivity contribution in [2.75, 3.05) is 26.2 Å². The summed E-state index contributed by atoms with van der Waals surface area (Å²) >= 11 is 1.38. The lowest BCUT2D eigenvalue weighted by Gasteiger charge is -2.33. The van der Waals surface area contributed by atoms with Crippen molar-refractivity contribution < 1.29 is 17.6 Å². The molecule has 4 rings (SSSR count). The van der Waals surface area contributed by atoms with E-state index in [0.29, 0.717) is 17.0 Å². The molecule has 31 heavy (non-hydrogen) atoms. The Balaban J connectivity index is 1.43. The largest absolute Gasteiger partial charge is 0.335 e. The molecule has 0 unspecified atom stereocenters. The Labute approximate surface area is 185 Å². The summed E-state index contributed by atoms with van der Waals surface area (Å²) in [5.74, 6) is -0.913. The number of hydrogen-bond donors (Lipinski definition) is 0. The Hall–Kier alpha value is -2.62. The number of piperazine rings is 1. The van der Waals surface area contributed by atoms with Gasteiger partial charge in [0.15, 0.2) is 0 Å². The summed E-state index contributed by atoms with van der Waals surface area (Å²) < 4.78 is 40.7. The SMILES string of the molecule is Cc1nc(Cc2ccccc2)sc1C(=O)N1CCN(S(=O)(=O)c2ccccc2F)CC1. The maximum Gasteiger partial charge on any atom is 0.265 e. The van der Waals surface area contributed by atoms with Crippen LogP contribution in [0.4, 0.5) is 4.39 Å². The molecule has 0 N–H and O–H groups in total. The average molecular weight is 460 g/mol. The van der Waals surface area contributed by atoms with E-state index in [9.17, 15) is 17.6 Å². The van der Waals surface area contributed by atoms with Crippen molar-refractivity contribution in [3.8, 4) is 0 Å². The molecule has 1 aromatic heterocycles. The third-order valence-electron chi connectivity index (χ3n) is 5.21. The van der Waals surface area contributed by atoms with E-state index in [0.717, 1.165) is 16.6 Å². The van der Waals surface area contributed by atoms with Crippen LogP contribution in [0.5, 0.6) is 0 Å². The van der Waals surface area contributed by atoms with Crippen molar-refractivity contribution in [1.82, 2.24) is 14.2 Å². The number of carbonyl (C=O) groups is 1. The Morgan fingerprint density at radius 2 is 1.68 bits per heavy atom. The fourth-order valence-corrected chi connectivity index (χ4v) is 6.12. The van der Waals surface area contributed by atoms with Crippen LogP contribution in [-0.4, -0.2) is 54.7 Å². The number of thiazole rings is 1. The maximum atomic E-state index is 14.0. The number of halogens is 1. The average Bonchev–Trinajstić information content (AvgIpc) is 3.14. The van der Waals surface area contributed by atoms with Crippen LogP contribution in [0.15, 0.2) is 59.5 Å². The van der Waals surface area contributed by atoms with E-state index in [-0.39, 0.29) is 37.0 Å². The molecule has 6 nitrogen and oxygen atoms in total. The predicted molar refractivity (Wildman–Crippen MR) is 117 cm³/mol. The smallest absolute Gasteiger partial charge is 0.265 e. The van der Waals surface area contributed by atoms with E-state index in [2.05, 4.69) is 4.98 Å². The highest BCUT2D eigenvalue weighted by molar-refractivity contribution is 7.89. The predicted octanol–water partition coefficient (Wildman–Crippen LogP) is 3.33. The first-order chi connectivity index (χ1) is 14.9. The highest BCUT2D eigenvalue weighted by Crippen LogP contribution is 2.25. The van der Waals surface area contributed by atoms with Gasteiger partial charge in [0.25, 0.3) is 5.91 Å². The van der Waals surface area contributed by atoms with Crippen LogP contribution in [0.2, 0.25) is 0 Å². The van der Waals surface area contributed by atoms with E-state index >= 15 is 0 Å². The van der Waals surface area contributed by atoms with E-state index in [4.69, 9.17) is 0 Å². The number of rotatable bonds is 5. The lowest BCUT2D eigenvalue weighted by atomic mass is 10.2. The lowest BCUT2D eigenvalue weighted by Crippen LogP contribution is -2.50. The molecule has 1 aliphatic heterocycles. The summed E-state index contributed by atoms with van der Waals surface area (Å²) in [7, 11) is -3.93. The molecule has 0 bridgehead atoms. The molecule has 0 radical (unpaired) electrons. The maximum absolute atomic E-state index is 14.0. The van der Waals surface area contributed by atoms with Crippen LogP contribution >= 0.6 is 11.3 Å². The van der Waals surface area contributed by atoms with Crippen molar-refractivity contribution in [2.24, 2.45) is 0 Å². The van der Waals surface area contributed by atoms with Gasteiger partial charge in [-0.3, -0.25) is 4.79 Å². The van der Waals surface area contributed by atoms with E-state index in [1.165, 1.54) is 33.8 Å². The lowest BCUT2D eigenvalue weighted by molar-refractivity contribution is 0.0701. The Bertz CT molecular complexity index is 1190. The summed E-state index contributed by atoms with van der Waals surface area (Å²) in [5, 5.41) is 0.868. The molecule has 2 aromatic carbocycles. The first kappa shape index (κ1) is 21.6. The Kier molecular flexibility index (Phi) is 6.17. The van der Waals surface area contributed by atoms with Gasteiger partial charge in [-0.05, 0) is 24.6 Å². The Morgan fingerprint density at radius 3 is 2.35 bits per heavy atom. The number of nitrogens with zero attached hydrogens (tertiary/aromatic N) is 3. The van der Waals surface area contributed by atoms with Gasteiger partial charge in [0.1, 0.15) is 15.6 Å². The molecule has 2 heterocycles. The van der Waals surface area contributed by atoms with Crippen LogP contribution in [0, 0.1) is 12.7 Å². The van der Waals surface area contributed by atoms with Crippen LogP contribution in [-0.2, 0) is 16.4 Å². The van der Waals surface area contributed by atoms with Gasteiger partial charge in [0, 0.05) is 32.6 Å². The molecular formula is C22H22FN3O3S2. The fourth-order valence-electron chi connectivity index (χ4n) is 3.56. The third-order valence-corrected chi connectivity index (χ3v) is 8.29. The quantitative estimate of drug-likeness (QED) is 0.587. The highest BCUT2D eigenvalue weighted by atomic mass is 32.2. The standard InChI is InChI=1S/C22H22FN3O3S2/c1-16-21(30-20(24-16)15-17-7-3-2-4-8-17)22(27)25-11-13-26(14-12-25)31(28,29)19-10-6-5-9-18(19)23/h2-10H,11-15H2,1H3. The molecule has 162 valence electrons. The first-order valence-corrected chi connectivity index (χ1v) is 12.2. The fraction of sp³-hybridized carbons (Fsp3) is 0.273. The number of amides is 1. The number of benzene rings is 2. The second-order valence-corrected chi connectivity index (χ2v) is 10.3. The van der Waals surface area contributed by atoms with Gasteiger partial charge in [-0.1, -0.05) is 42.5 Å². The molecule has 1 amide bonds. The topological polar surface area (TPSA) is 70.6 Å². The monoisotopic (exact) mass is 459 g/mol. The van der Waals surface area contributed by atoms with Gasteiger partial charge < -0.3 is 4.90 Å². The van der Waals surface area contributed by atoms with Crippen LogP contribution in [0.1, 0.15) is 25.9 Å². The van der Waals surface area contributed by atoms with Crippen LogP contribution < -0.4 is 0 Å². The molecule has 3 aromatic rings. The van der Waals surface area contributed by atoms with Gasteiger partial charge in [-0.15, -0.1) is 11.3 Å². The second-order valence-electron chi connectivity index (χ2n) is 7.31. The number of aryl methyl sites for hydroxylation is 1. The molecule has 9 heteroatoms. The van der Waals surface area contributed by atoms with Gasteiger partial charge in [-0.25, -0.2) is 17.8 Å². The summed E-state index contributed by atoms with van der Waals surface area (Å²) in [4.78, 5) is 19.5. The number of carbonyl (C=O) groups excluding carboxylic acids is 1. The molecule has 0 saturated carbocycles. The molecule has 0 aliphatic carbocycles. The van der Waals surface area contributed by atoms with Crippen molar-refractivity contribution in [3.63, 3.8) is 0 Å². The molecular weight excluding hydrogens is 437 g/mol. The van der Waals surface area contributed by atoms with Gasteiger partial charge in [0.2, 0.25) is 10.0 Å². The second kappa shape index (κ2) is 8.86. The van der Waals surface area contributed by atoms with E-state index < -0.39 is 15.8 Å². The molecule has 0 atom stereocenters. The van der Waals surface area contributed by atoms with Crippen LogP contribution in [0.25, 0.3) is 0 Å². The number of hydrogen-bond acceptors (Lipinski definition) is 5. The summed E-state index contributed by atoms with van der Waals surface area (Å²) in [6.45, 7) is 2.56. The van der Waals surface area contributed by atoms with Crippen molar-refractivity contribution in [2.45, 2.75) is 18.2 Å². The number of sulfonamides is 1. The van der Waals surface area contributed by atoms with Crippen molar-refractivity contribution >= 4 is 27.3 Å². The third kappa shape index (κ3) is 4.53. The van der Waals surface area contributed by atoms with Gasteiger partial charge in [0.05, 0.1) is 10.7 Å². The minimum Gasteiger partial charge on any atom is -0.335 e. The van der Waals surface area contributed by atoms with E-state index in [1.807, 2.05) is 37.3 Å². The Morgan fingerprint density at radius 1 is 1.03 bits per heavy atom. The molecule has 0 spiro atoms. The highest BCUT2D eigenvalue weighted by Gasteiger charge is 2.32. The van der Waals surface area contributed by atoms with Crippen molar-refractivity contribution in [1.29, 1.82) is 0 Å². The zero-order chi connectivity index (χ0) is 22.0. The van der Waals surface area contributed by atoms with Gasteiger partial charge >= 0.3 is 0 Å². The molecule has 1 aliphatic rings. The van der Waals surface area contributed by atoms with E-state index in [1.54, 1.807) is 4.90 Å². The minimum absolute atomic E-state index is 0.122. The number of aromatic nitrogens is 1. The van der Waals surface area contributed by atoms with Gasteiger partial charge in [-0.2, -0.15) is 4.31 Å². The van der Waals surface area contributed by atoms with Crippen LogP contribution in [0.3, 0.4) is 0 Å². The summed E-state index contributed by atoms with van der Waals surface area (Å²) in [6, 6.07) is 15.3. The zero-order valence-corrected chi connectivity index (χ0v) is 18.6. The minimum atomic E-state index is -3.93. The first-order valence-electron chi connectivity index (χ1n) is 9.90. The molecule has 1 saturated heterocycles. The zero-order valence-electron chi connectivity index (χ0n) is 17.0. The van der Waals surface area contributed by atoms with Crippen molar-refractivity contribution in [3.05, 3.63) is 81.6 Å².